The van der Waals surface area contributed by atoms with Crippen molar-refractivity contribution in [2.45, 2.75) is 19.4 Å². The van der Waals surface area contributed by atoms with Crippen LogP contribution in [-0.2, 0) is 6.54 Å². The summed E-state index contributed by atoms with van der Waals surface area (Å²) in [6.45, 7) is 7.40. The molecule has 1 aromatic heterocycles. The van der Waals surface area contributed by atoms with Crippen LogP contribution in [-0.4, -0.2) is 60.7 Å². The van der Waals surface area contributed by atoms with Gasteiger partial charge < -0.3 is 14.7 Å². The Morgan fingerprint density at radius 3 is 2.52 bits per heavy atom. The lowest BCUT2D eigenvalue weighted by molar-refractivity contribution is 0.169. The first-order valence-corrected chi connectivity index (χ1v) is 9.85. The number of nitrogens with zero attached hydrogens (tertiary/aromatic N) is 4. The van der Waals surface area contributed by atoms with Gasteiger partial charge in [0, 0.05) is 68.3 Å². The van der Waals surface area contributed by atoms with E-state index in [2.05, 4.69) is 32.2 Å². The lowest BCUT2D eigenvalue weighted by atomic mass is 10.0. The molecule has 0 aliphatic carbocycles. The molecule has 0 radical (unpaired) electrons. The van der Waals surface area contributed by atoms with E-state index >= 15 is 0 Å². The van der Waals surface area contributed by atoms with Crippen molar-refractivity contribution in [3.8, 4) is 0 Å². The molecule has 1 atom stereocenters. The standard InChI is InChI=1S/C19H25Cl2N5O/c1-14(18-16(20)4-3-5-17(18)21)12-23-19(22-2)26-9-7-25(8-10-26)13-15-6-11-27-24-15/h3-6,11,14H,7-10,12-13H2,1-2H3,(H,22,23). The summed E-state index contributed by atoms with van der Waals surface area (Å²) in [5.74, 6) is 1.09. The average molecular weight is 410 g/mol. The molecular weight excluding hydrogens is 385 g/mol. The maximum absolute atomic E-state index is 6.33. The first-order valence-electron chi connectivity index (χ1n) is 9.09. The van der Waals surface area contributed by atoms with Crippen molar-refractivity contribution in [3.63, 3.8) is 0 Å². The topological polar surface area (TPSA) is 56.9 Å². The van der Waals surface area contributed by atoms with Gasteiger partial charge in [0.1, 0.15) is 6.26 Å². The zero-order valence-corrected chi connectivity index (χ0v) is 17.2. The van der Waals surface area contributed by atoms with Crippen LogP contribution in [0.5, 0.6) is 0 Å². The van der Waals surface area contributed by atoms with E-state index in [1.165, 1.54) is 0 Å². The van der Waals surface area contributed by atoms with Gasteiger partial charge in [-0.2, -0.15) is 0 Å². The highest BCUT2D eigenvalue weighted by Gasteiger charge is 2.21. The van der Waals surface area contributed by atoms with Crippen LogP contribution in [0, 0.1) is 0 Å². The number of benzene rings is 1. The average Bonchev–Trinajstić information content (AvgIpc) is 3.16. The number of guanidine groups is 1. The Kier molecular flexibility index (Phi) is 6.99. The molecular formula is C19H25Cl2N5O. The highest BCUT2D eigenvalue weighted by molar-refractivity contribution is 6.36. The van der Waals surface area contributed by atoms with Crippen molar-refractivity contribution in [3.05, 3.63) is 51.8 Å². The highest BCUT2D eigenvalue weighted by Crippen LogP contribution is 2.30. The number of aromatic nitrogens is 1. The quantitative estimate of drug-likeness (QED) is 0.604. The highest BCUT2D eigenvalue weighted by atomic mass is 35.5. The molecule has 1 unspecified atom stereocenters. The van der Waals surface area contributed by atoms with E-state index < -0.39 is 0 Å². The number of hydrogen-bond acceptors (Lipinski definition) is 4. The molecule has 2 aromatic rings. The summed E-state index contributed by atoms with van der Waals surface area (Å²) >= 11 is 12.7. The third kappa shape index (κ3) is 5.15. The predicted octanol–water partition coefficient (Wildman–Crippen LogP) is 3.48. The summed E-state index contributed by atoms with van der Waals surface area (Å²) in [7, 11) is 1.82. The van der Waals surface area contributed by atoms with Gasteiger partial charge in [0.25, 0.3) is 0 Å². The lowest BCUT2D eigenvalue weighted by Gasteiger charge is -2.36. The van der Waals surface area contributed by atoms with E-state index in [9.17, 15) is 0 Å². The molecule has 1 saturated heterocycles. The SMILES string of the molecule is CN=C(NCC(C)c1c(Cl)cccc1Cl)N1CCN(Cc2ccon2)CC1. The molecule has 0 amide bonds. The number of halogens is 2. The fourth-order valence-corrected chi connectivity index (χ4v) is 4.10. The Balaban J connectivity index is 1.51. The number of aliphatic imine (C=N–C) groups is 1. The fraction of sp³-hybridized carbons (Fsp3) is 0.474. The van der Waals surface area contributed by atoms with Crippen LogP contribution in [0.4, 0.5) is 0 Å². The molecule has 6 nitrogen and oxygen atoms in total. The van der Waals surface area contributed by atoms with Gasteiger partial charge in [-0.1, -0.05) is 41.3 Å². The van der Waals surface area contributed by atoms with E-state index in [0.717, 1.165) is 56.5 Å². The minimum Gasteiger partial charge on any atom is -0.364 e. The summed E-state index contributed by atoms with van der Waals surface area (Å²) < 4.78 is 4.91. The molecule has 3 rings (SSSR count). The second-order valence-corrected chi connectivity index (χ2v) is 7.53. The molecule has 0 saturated carbocycles. The Labute approximate surface area is 170 Å². The van der Waals surface area contributed by atoms with Crippen LogP contribution in [0.3, 0.4) is 0 Å². The number of rotatable bonds is 5. The molecule has 1 fully saturated rings. The zero-order chi connectivity index (χ0) is 19.2. The van der Waals surface area contributed by atoms with Gasteiger partial charge in [0.05, 0.1) is 5.69 Å². The molecule has 2 heterocycles. The molecule has 1 aromatic carbocycles. The monoisotopic (exact) mass is 409 g/mol. The normalized spacial score (nSPS) is 17.2. The number of hydrogen-bond donors (Lipinski definition) is 1. The predicted molar refractivity (Wildman–Crippen MR) is 110 cm³/mol. The summed E-state index contributed by atoms with van der Waals surface area (Å²) in [4.78, 5) is 9.09. The van der Waals surface area contributed by atoms with Crippen molar-refractivity contribution < 1.29 is 4.52 Å². The van der Waals surface area contributed by atoms with Crippen LogP contribution >= 0.6 is 23.2 Å². The van der Waals surface area contributed by atoms with E-state index in [-0.39, 0.29) is 5.92 Å². The molecule has 146 valence electrons. The zero-order valence-electron chi connectivity index (χ0n) is 15.7. The van der Waals surface area contributed by atoms with Gasteiger partial charge in [0.15, 0.2) is 5.96 Å². The van der Waals surface area contributed by atoms with E-state index in [1.807, 2.05) is 31.3 Å². The number of piperazine rings is 1. The van der Waals surface area contributed by atoms with Crippen molar-refractivity contribution >= 4 is 29.2 Å². The smallest absolute Gasteiger partial charge is 0.193 e. The van der Waals surface area contributed by atoms with Crippen molar-refractivity contribution in [2.75, 3.05) is 39.8 Å². The van der Waals surface area contributed by atoms with Crippen LogP contribution in [0.1, 0.15) is 24.1 Å². The van der Waals surface area contributed by atoms with Crippen molar-refractivity contribution in [2.24, 2.45) is 4.99 Å². The summed E-state index contributed by atoms with van der Waals surface area (Å²) in [6, 6.07) is 7.53. The summed E-state index contributed by atoms with van der Waals surface area (Å²) in [6.07, 6.45) is 1.61. The minimum atomic E-state index is 0.177. The van der Waals surface area contributed by atoms with Crippen LogP contribution < -0.4 is 5.32 Å². The van der Waals surface area contributed by atoms with E-state index in [1.54, 1.807) is 6.26 Å². The second kappa shape index (κ2) is 9.44. The Morgan fingerprint density at radius 2 is 1.93 bits per heavy atom. The van der Waals surface area contributed by atoms with Crippen molar-refractivity contribution in [1.29, 1.82) is 0 Å². The molecule has 0 bridgehead atoms. The maximum atomic E-state index is 6.33. The van der Waals surface area contributed by atoms with Gasteiger partial charge in [-0.15, -0.1) is 0 Å². The minimum absolute atomic E-state index is 0.177. The second-order valence-electron chi connectivity index (χ2n) is 6.72. The maximum Gasteiger partial charge on any atom is 0.193 e. The first kappa shape index (κ1) is 20.0. The summed E-state index contributed by atoms with van der Waals surface area (Å²) in [5.41, 5.74) is 1.94. The Bertz CT molecular complexity index is 737. The van der Waals surface area contributed by atoms with Gasteiger partial charge >= 0.3 is 0 Å². The molecule has 27 heavy (non-hydrogen) atoms. The first-order chi connectivity index (χ1) is 13.1. The van der Waals surface area contributed by atoms with Gasteiger partial charge in [-0.05, 0) is 17.7 Å². The van der Waals surface area contributed by atoms with Gasteiger partial charge in [0.2, 0.25) is 0 Å². The fourth-order valence-electron chi connectivity index (χ4n) is 3.33. The van der Waals surface area contributed by atoms with Gasteiger partial charge in [-0.25, -0.2) is 0 Å². The van der Waals surface area contributed by atoms with Crippen LogP contribution in [0.15, 0.2) is 40.0 Å². The van der Waals surface area contributed by atoms with Crippen LogP contribution in [0.2, 0.25) is 10.0 Å². The Morgan fingerprint density at radius 1 is 1.22 bits per heavy atom. The molecule has 1 aliphatic heterocycles. The number of nitrogens with one attached hydrogen (secondary N) is 1. The molecule has 1 N–H and O–H groups in total. The lowest BCUT2D eigenvalue weighted by Crippen LogP contribution is -2.52. The van der Waals surface area contributed by atoms with Crippen LogP contribution in [0.25, 0.3) is 0 Å². The van der Waals surface area contributed by atoms with E-state index in [4.69, 9.17) is 27.7 Å². The third-order valence-electron chi connectivity index (χ3n) is 4.82. The van der Waals surface area contributed by atoms with Gasteiger partial charge in [-0.3, -0.25) is 9.89 Å². The Hall–Kier alpha value is -1.76. The molecule has 0 spiro atoms. The summed E-state index contributed by atoms with van der Waals surface area (Å²) in [5, 5.41) is 8.85. The largest absolute Gasteiger partial charge is 0.364 e. The molecule has 1 aliphatic rings. The van der Waals surface area contributed by atoms with Crippen molar-refractivity contribution in [1.82, 2.24) is 20.3 Å². The van der Waals surface area contributed by atoms with E-state index in [0.29, 0.717) is 10.0 Å². The molecule has 8 heteroatoms. The third-order valence-corrected chi connectivity index (χ3v) is 5.48.